The van der Waals surface area contributed by atoms with Gasteiger partial charge in [-0.3, -0.25) is 0 Å². The highest BCUT2D eigenvalue weighted by atomic mass is 14.3. The van der Waals surface area contributed by atoms with Crippen molar-refractivity contribution in [3.8, 4) is 0 Å². The van der Waals surface area contributed by atoms with Crippen LogP contribution in [0.1, 0.15) is 64.9 Å². The first-order chi connectivity index (χ1) is 9.27. The van der Waals surface area contributed by atoms with Crippen molar-refractivity contribution in [3.05, 3.63) is 52.6 Å². The van der Waals surface area contributed by atoms with E-state index in [1.54, 1.807) is 22.3 Å². The predicted molar refractivity (Wildman–Crippen MR) is 85.1 cm³/mol. The Morgan fingerprint density at radius 2 is 1.68 bits per heavy atom. The maximum absolute atomic E-state index is 2.34. The summed E-state index contributed by atoms with van der Waals surface area (Å²) in [6.45, 7) is 6.90. The lowest BCUT2D eigenvalue weighted by Gasteiger charge is -2.08. The van der Waals surface area contributed by atoms with E-state index in [0.717, 1.165) is 0 Å². The average Bonchev–Trinajstić information content (AvgIpc) is 2.75. The van der Waals surface area contributed by atoms with E-state index in [2.05, 4.69) is 51.1 Å². The summed E-state index contributed by atoms with van der Waals surface area (Å²) in [6, 6.07) is 11.0. The molecule has 2 rings (SSSR count). The minimum Gasteiger partial charge on any atom is -0.0654 e. The highest BCUT2D eigenvalue weighted by Gasteiger charge is 2.21. The van der Waals surface area contributed by atoms with E-state index in [9.17, 15) is 0 Å². The van der Waals surface area contributed by atoms with Crippen molar-refractivity contribution >= 4 is 5.57 Å². The largest absolute Gasteiger partial charge is 0.0654 e. The van der Waals surface area contributed by atoms with E-state index in [1.165, 1.54) is 44.1 Å². The van der Waals surface area contributed by atoms with E-state index in [4.69, 9.17) is 0 Å². The SMILES string of the molecule is CCCCC1=C(C)C(CCC)=C(c2ccccc2)C1. The summed E-state index contributed by atoms with van der Waals surface area (Å²) in [5.74, 6) is 0. The molecule has 1 aliphatic rings. The first-order valence-electron chi connectivity index (χ1n) is 7.74. The number of rotatable bonds is 6. The zero-order valence-corrected chi connectivity index (χ0v) is 12.6. The number of hydrogen-bond donors (Lipinski definition) is 0. The molecule has 0 N–H and O–H groups in total. The number of allylic oxidation sites excluding steroid dienone is 4. The summed E-state index contributed by atoms with van der Waals surface area (Å²) in [6.07, 6.45) is 7.56. The highest BCUT2D eigenvalue weighted by Crippen LogP contribution is 2.41. The Kier molecular flexibility index (Phi) is 5.01. The van der Waals surface area contributed by atoms with Crippen molar-refractivity contribution in [2.45, 2.75) is 59.3 Å². The molecule has 0 atom stereocenters. The molecule has 0 fully saturated rings. The molecule has 0 heteroatoms. The van der Waals surface area contributed by atoms with Gasteiger partial charge in [0.1, 0.15) is 0 Å². The predicted octanol–water partition coefficient (Wildman–Crippen LogP) is 6.15. The second-order valence-electron chi connectivity index (χ2n) is 5.58. The molecule has 1 aromatic rings. The second kappa shape index (κ2) is 6.75. The lowest BCUT2D eigenvalue weighted by molar-refractivity contribution is 0.775. The fourth-order valence-corrected chi connectivity index (χ4v) is 3.06. The molecule has 0 unspecified atom stereocenters. The zero-order chi connectivity index (χ0) is 13.7. The minimum absolute atomic E-state index is 1.19. The van der Waals surface area contributed by atoms with Gasteiger partial charge in [0.25, 0.3) is 0 Å². The van der Waals surface area contributed by atoms with Crippen LogP contribution in [0.15, 0.2) is 47.1 Å². The quantitative estimate of drug-likeness (QED) is 0.571. The van der Waals surface area contributed by atoms with Crippen molar-refractivity contribution in [3.63, 3.8) is 0 Å². The Hall–Kier alpha value is -1.30. The Morgan fingerprint density at radius 1 is 0.947 bits per heavy atom. The Bertz CT molecular complexity index is 474. The molecule has 1 aliphatic carbocycles. The molecule has 0 bridgehead atoms. The third-order valence-corrected chi connectivity index (χ3v) is 4.19. The summed E-state index contributed by atoms with van der Waals surface area (Å²) in [5.41, 5.74) is 7.92. The van der Waals surface area contributed by atoms with Gasteiger partial charge in [-0.15, -0.1) is 0 Å². The molecule has 1 aromatic carbocycles. The molecule has 0 heterocycles. The van der Waals surface area contributed by atoms with Crippen molar-refractivity contribution in [2.75, 3.05) is 0 Å². The third kappa shape index (κ3) is 3.18. The van der Waals surface area contributed by atoms with Gasteiger partial charge < -0.3 is 0 Å². The Morgan fingerprint density at radius 3 is 2.32 bits per heavy atom. The first kappa shape index (κ1) is 14.1. The van der Waals surface area contributed by atoms with Crippen LogP contribution in [0, 0.1) is 0 Å². The van der Waals surface area contributed by atoms with Gasteiger partial charge in [-0.2, -0.15) is 0 Å². The average molecular weight is 254 g/mol. The van der Waals surface area contributed by atoms with Gasteiger partial charge in [-0.25, -0.2) is 0 Å². The van der Waals surface area contributed by atoms with Crippen molar-refractivity contribution in [1.29, 1.82) is 0 Å². The normalized spacial score (nSPS) is 15.5. The molecule has 0 aliphatic heterocycles. The molecule has 0 saturated heterocycles. The summed E-state index contributed by atoms with van der Waals surface area (Å²) < 4.78 is 0. The van der Waals surface area contributed by atoms with Crippen LogP contribution < -0.4 is 0 Å². The van der Waals surface area contributed by atoms with Crippen LogP contribution in [-0.2, 0) is 0 Å². The molecule has 0 spiro atoms. The zero-order valence-electron chi connectivity index (χ0n) is 12.6. The van der Waals surface area contributed by atoms with E-state index in [0.29, 0.717) is 0 Å². The molecule has 0 nitrogen and oxygen atoms in total. The van der Waals surface area contributed by atoms with Crippen molar-refractivity contribution < 1.29 is 0 Å². The van der Waals surface area contributed by atoms with Crippen LogP contribution in [0.2, 0.25) is 0 Å². The second-order valence-corrected chi connectivity index (χ2v) is 5.58. The summed E-state index contributed by atoms with van der Waals surface area (Å²) in [4.78, 5) is 0. The lowest BCUT2D eigenvalue weighted by Crippen LogP contribution is -1.87. The van der Waals surface area contributed by atoms with Crippen LogP contribution in [-0.4, -0.2) is 0 Å². The van der Waals surface area contributed by atoms with Crippen LogP contribution in [0.4, 0.5) is 0 Å². The molecule has 0 saturated carbocycles. The van der Waals surface area contributed by atoms with Gasteiger partial charge in [-0.1, -0.05) is 62.6 Å². The molecule has 0 radical (unpaired) electrons. The lowest BCUT2D eigenvalue weighted by atomic mass is 9.97. The van der Waals surface area contributed by atoms with Gasteiger partial charge in [0, 0.05) is 0 Å². The van der Waals surface area contributed by atoms with Crippen LogP contribution >= 0.6 is 0 Å². The smallest absolute Gasteiger partial charge is 0.00525 e. The molecular formula is C19H26. The molecule has 0 amide bonds. The number of unbranched alkanes of at least 4 members (excludes halogenated alkanes) is 1. The van der Waals surface area contributed by atoms with Gasteiger partial charge in [-0.05, 0) is 54.9 Å². The van der Waals surface area contributed by atoms with Crippen LogP contribution in [0.3, 0.4) is 0 Å². The first-order valence-corrected chi connectivity index (χ1v) is 7.74. The number of benzene rings is 1. The van der Waals surface area contributed by atoms with Crippen molar-refractivity contribution in [1.82, 2.24) is 0 Å². The molecule has 102 valence electrons. The Labute approximate surface area is 118 Å². The van der Waals surface area contributed by atoms with Gasteiger partial charge in [0.15, 0.2) is 0 Å². The van der Waals surface area contributed by atoms with Crippen molar-refractivity contribution in [2.24, 2.45) is 0 Å². The molecule has 19 heavy (non-hydrogen) atoms. The minimum atomic E-state index is 1.19. The molecular weight excluding hydrogens is 228 g/mol. The van der Waals surface area contributed by atoms with E-state index in [1.807, 2.05) is 0 Å². The van der Waals surface area contributed by atoms with Gasteiger partial charge in [0.05, 0.1) is 0 Å². The van der Waals surface area contributed by atoms with E-state index >= 15 is 0 Å². The van der Waals surface area contributed by atoms with Crippen LogP contribution in [0.25, 0.3) is 5.57 Å². The van der Waals surface area contributed by atoms with Crippen LogP contribution in [0.5, 0.6) is 0 Å². The van der Waals surface area contributed by atoms with Gasteiger partial charge in [0.2, 0.25) is 0 Å². The summed E-state index contributed by atoms with van der Waals surface area (Å²) in [7, 11) is 0. The maximum Gasteiger partial charge on any atom is -0.00525 e. The third-order valence-electron chi connectivity index (χ3n) is 4.19. The number of hydrogen-bond acceptors (Lipinski definition) is 0. The Balaban J connectivity index is 2.28. The fraction of sp³-hybridized carbons (Fsp3) is 0.474. The van der Waals surface area contributed by atoms with Gasteiger partial charge >= 0.3 is 0 Å². The standard InChI is InChI=1S/C19H26/c1-4-6-11-17-14-19(16-12-8-7-9-13-16)18(10-5-2)15(17)3/h7-9,12-13H,4-6,10-11,14H2,1-3H3. The molecule has 0 aromatic heterocycles. The van der Waals surface area contributed by atoms with E-state index < -0.39 is 0 Å². The summed E-state index contributed by atoms with van der Waals surface area (Å²) >= 11 is 0. The topological polar surface area (TPSA) is 0 Å². The van der Waals surface area contributed by atoms with E-state index in [-0.39, 0.29) is 0 Å². The summed E-state index contributed by atoms with van der Waals surface area (Å²) in [5, 5.41) is 0. The maximum atomic E-state index is 2.34. The monoisotopic (exact) mass is 254 g/mol. The highest BCUT2D eigenvalue weighted by molar-refractivity contribution is 5.78. The fourth-order valence-electron chi connectivity index (χ4n) is 3.06.